The molecule has 0 aromatic rings. The van der Waals surface area contributed by atoms with Crippen molar-refractivity contribution in [1.82, 2.24) is 0 Å². The lowest BCUT2D eigenvalue weighted by atomic mass is 10.0. The van der Waals surface area contributed by atoms with Crippen molar-refractivity contribution in [3.8, 4) is 0 Å². The van der Waals surface area contributed by atoms with Crippen LogP contribution in [0, 0.1) is 0 Å². The van der Waals surface area contributed by atoms with Crippen molar-refractivity contribution in [2.75, 3.05) is 34.3 Å². The van der Waals surface area contributed by atoms with Crippen molar-refractivity contribution in [3.05, 3.63) is 0 Å². The smallest absolute Gasteiger partial charge is 0.345 e. The van der Waals surface area contributed by atoms with E-state index in [1.165, 1.54) is 0 Å². The molecule has 1 atom stereocenters. The molecule has 88 valence electrons. The van der Waals surface area contributed by atoms with Gasteiger partial charge in [0.2, 0.25) is 5.60 Å². The first-order valence-corrected chi connectivity index (χ1v) is 4.78. The first-order valence-electron chi connectivity index (χ1n) is 4.78. The van der Waals surface area contributed by atoms with E-state index in [9.17, 15) is 14.7 Å². The second-order valence-electron chi connectivity index (χ2n) is 4.78. The van der Waals surface area contributed by atoms with Crippen molar-refractivity contribution < 1.29 is 23.9 Å². The SMILES string of the molecule is CC(=O)C(C)(O)C(=O)OCC[N+](C)(C)C. The van der Waals surface area contributed by atoms with Crippen LogP contribution in [0.3, 0.4) is 0 Å². The molecule has 5 heteroatoms. The van der Waals surface area contributed by atoms with Crippen LogP contribution in [-0.2, 0) is 14.3 Å². The van der Waals surface area contributed by atoms with Crippen LogP contribution in [0.25, 0.3) is 0 Å². The van der Waals surface area contributed by atoms with Gasteiger partial charge >= 0.3 is 5.97 Å². The predicted octanol–water partition coefficient (Wildman–Crippen LogP) is -0.424. The molecule has 15 heavy (non-hydrogen) atoms. The number of ether oxygens (including phenoxy) is 1. The van der Waals surface area contributed by atoms with Gasteiger partial charge in [0.1, 0.15) is 13.2 Å². The van der Waals surface area contributed by atoms with Crippen LogP contribution in [0.1, 0.15) is 13.8 Å². The molecule has 0 aliphatic carbocycles. The molecule has 0 saturated heterocycles. The van der Waals surface area contributed by atoms with Crippen LogP contribution >= 0.6 is 0 Å². The highest BCUT2D eigenvalue weighted by Crippen LogP contribution is 2.07. The van der Waals surface area contributed by atoms with Crippen LogP contribution in [0.15, 0.2) is 0 Å². The number of hydrogen-bond acceptors (Lipinski definition) is 4. The minimum absolute atomic E-state index is 0.186. The van der Waals surface area contributed by atoms with Gasteiger partial charge in [0.05, 0.1) is 21.1 Å². The van der Waals surface area contributed by atoms with E-state index in [-0.39, 0.29) is 6.61 Å². The molecule has 0 radical (unpaired) electrons. The zero-order valence-electron chi connectivity index (χ0n) is 10.0. The van der Waals surface area contributed by atoms with Gasteiger partial charge in [0, 0.05) is 0 Å². The van der Waals surface area contributed by atoms with Gasteiger partial charge in [-0.15, -0.1) is 0 Å². The summed E-state index contributed by atoms with van der Waals surface area (Å²) in [5, 5.41) is 9.46. The Labute approximate surface area is 90.2 Å². The van der Waals surface area contributed by atoms with Crippen LogP contribution in [0.5, 0.6) is 0 Å². The molecule has 1 N–H and O–H groups in total. The maximum absolute atomic E-state index is 11.3. The van der Waals surface area contributed by atoms with Gasteiger partial charge in [-0.2, -0.15) is 0 Å². The Morgan fingerprint density at radius 2 is 1.80 bits per heavy atom. The van der Waals surface area contributed by atoms with E-state index in [1.54, 1.807) is 0 Å². The van der Waals surface area contributed by atoms with Gasteiger partial charge in [-0.05, 0) is 13.8 Å². The zero-order valence-corrected chi connectivity index (χ0v) is 10.0. The highest BCUT2D eigenvalue weighted by Gasteiger charge is 2.37. The summed E-state index contributed by atoms with van der Waals surface area (Å²) in [5.74, 6) is -1.50. The van der Waals surface area contributed by atoms with E-state index in [2.05, 4.69) is 0 Å². The summed E-state index contributed by atoms with van der Waals surface area (Å²) >= 11 is 0. The Kier molecular flexibility index (Phi) is 4.42. The Hall–Kier alpha value is -0.940. The number of aliphatic hydroxyl groups is 1. The van der Waals surface area contributed by atoms with Crippen LogP contribution in [0.2, 0.25) is 0 Å². The Morgan fingerprint density at radius 1 is 1.33 bits per heavy atom. The second-order valence-corrected chi connectivity index (χ2v) is 4.78. The van der Waals surface area contributed by atoms with Gasteiger partial charge in [-0.25, -0.2) is 4.79 Å². The lowest BCUT2D eigenvalue weighted by molar-refractivity contribution is -0.870. The topological polar surface area (TPSA) is 63.6 Å². The summed E-state index contributed by atoms with van der Waals surface area (Å²) in [6, 6.07) is 0. The molecule has 5 nitrogen and oxygen atoms in total. The molecule has 0 spiro atoms. The molecule has 0 aliphatic heterocycles. The number of carbonyl (C=O) groups is 2. The Morgan fingerprint density at radius 3 is 2.13 bits per heavy atom. The summed E-state index contributed by atoms with van der Waals surface area (Å²) in [6.45, 7) is 3.11. The largest absolute Gasteiger partial charge is 0.457 e. The van der Waals surface area contributed by atoms with Crippen molar-refractivity contribution in [2.24, 2.45) is 0 Å². The average Bonchev–Trinajstić information content (AvgIpc) is 2.01. The summed E-state index contributed by atoms with van der Waals surface area (Å²) in [5.41, 5.74) is -2.02. The Bertz CT molecular complexity index is 253. The molecular weight excluding hydrogens is 198 g/mol. The molecule has 0 rings (SSSR count). The summed E-state index contributed by atoms with van der Waals surface area (Å²) in [6.07, 6.45) is 0. The fourth-order valence-corrected chi connectivity index (χ4v) is 0.696. The van der Waals surface area contributed by atoms with E-state index in [0.717, 1.165) is 13.8 Å². The molecular formula is C10H20NO4+. The monoisotopic (exact) mass is 218 g/mol. The van der Waals surface area contributed by atoms with E-state index < -0.39 is 17.4 Å². The number of nitrogens with zero attached hydrogens (tertiary/aromatic N) is 1. The minimum Gasteiger partial charge on any atom is -0.457 e. The third-order valence-electron chi connectivity index (χ3n) is 2.08. The van der Waals surface area contributed by atoms with Crippen LogP contribution in [-0.4, -0.2) is 61.2 Å². The van der Waals surface area contributed by atoms with E-state index in [0.29, 0.717) is 11.0 Å². The number of ketones is 1. The van der Waals surface area contributed by atoms with E-state index in [4.69, 9.17) is 4.74 Å². The van der Waals surface area contributed by atoms with Crippen molar-refractivity contribution in [1.29, 1.82) is 0 Å². The fraction of sp³-hybridized carbons (Fsp3) is 0.800. The maximum atomic E-state index is 11.3. The molecule has 0 bridgehead atoms. The normalized spacial score (nSPS) is 15.6. The molecule has 0 fully saturated rings. The maximum Gasteiger partial charge on any atom is 0.345 e. The highest BCUT2D eigenvalue weighted by molar-refractivity contribution is 6.05. The second kappa shape index (κ2) is 4.72. The Balaban J connectivity index is 4.11. The van der Waals surface area contributed by atoms with Crippen LogP contribution in [0.4, 0.5) is 0 Å². The number of carbonyl (C=O) groups excluding carboxylic acids is 2. The highest BCUT2D eigenvalue weighted by atomic mass is 16.6. The fourth-order valence-electron chi connectivity index (χ4n) is 0.696. The number of esters is 1. The van der Waals surface area contributed by atoms with Gasteiger partial charge in [-0.1, -0.05) is 0 Å². The van der Waals surface area contributed by atoms with Crippen molar-refractivity contribution in [2.45, 2.75) is 19.4 Å². The first kappa shape index (κ1) is 14.1. The number of quaternary nitrogens is 1. The summed E-state index contributed by atoms with van der Waals surface area (Å²) < 4.78 is 5.47. The van der Waals surface area contributed by atoms with E-state index >= 15 is 0 Å². The molecule has 0 amide bonds. The van der Waals surface area contributed by atoms with Gasteiger partial charge < -0.3 is 14.3 Å². The van der Waals surface area contributed by atoms with Gasteiger partial charge in [-0.3, -0.25) is 4.79 Å². The lowest BCUT2D eigenvalue weighted by Gasteiger charge is -2.24. The standard InChI is InChI=1S/C10H20NO4/c1-8(12)10(2,14)9(13)15-7-6-11(3,4)5/h14H,6-7H2,1-5H3/q+1. The average molecular weight is 218 g/mol. The number of Topliss-reactive ketones (excluding diaryl/α,β-unsaturated/α-hetero) is 1. The third kappa shape index (κ3) is 4.90. The molecule has 0 aliphatic rings. The van der Waals surface area contributed by atoms with Crippen LogP contribution < -0.4 is 0 Å². The molecule has 1 unspecified atom stereocenters. The summed E-state index contributed by atoms with van der Waals surface area (Å²) in [7, 11) is 5.87. The van der Waals surface area contributed by atoms with Crippen molar-refractivity contribution in [3.63, 3.8) is 0 Å². The number of likely N-dealkylation sites (N-methyl/N-ethyl adjacent to an activating group) is 1. The predicted molar refractivity (Wildman–Crippen MR) is 55.2 cm³/mol. The quantitative estimate of drug-likeness (QED) is 0.386. The lowest BCUT2D eigenvalue weighted by Crippen LogP contribution is -2.45. The minimum atomic E-state index is -2.02. The molecule has 0 heterocycles. The molecule has 0 aromatic heterocycles. The zero-order chi connectivity index (χ0) is 12.3. The molecule has 0 aromatic carbocycles. The van der Waals surface area contributed by atoms with Gasteiger partial charge in [0.15, 0.2) is 5.78 Å². The van der Waals surface area contributed by atoms with Crippen molar-refractivity contribution >= 4 is 11.8 Å². The first-order chi connectivity index (χ1) is 6.57. The number of rotatable bonds is 5. The van der Waals surface area contributed by atoms with Gasteiger partial charge in [0.25, 0.3) is 0 Å². The van der Waals surface area contributed by atoms with E-state index in [1.807, 2.05) is 21.1 Å². The number of hydrogen-bond donors (Lipinski definition) is 1. The third-order valence-corrected chi connectivity index (χ3v) is 2.08. The molecule has 0 saturated carbocycles. The summed E-state index contributed by atoms with van der Waals surface area (Å²) in [4.78, 5) is 22.2.